The van der Waals surface area contributed by atoms with Gasteiger partial charge >= 0.3 is 0 Å². The Morgan fingerprint density at radius 1 is 1.47 bits per heavy atom. The Hall–Kier alpha value is -0.410. The van der Waals surface area contributed by atoms with Gasteiger partial charge in [0.15, 0.2) is 0 Å². The molecule has 0 spiro atoms. The van der Waals surface area contributed by atoms with E-state index in [1.807, 2.05) is 6.07 Å². The van der Waals surface area contributed by atoms with E-state index in [-0.39, 0.29) is 5.82 Å². The summed E-state index contributed by atoms with van der Waals surface area (Å²) in [6.07, 6.45) is 1.12. The molecule has 0 N–H and O–H groups in total. The Labute approximate surface area is 99.4 Å². The van der Waals surface area contributed by atoms with E-state index in [0.29, 0.717) is 6.04 Å². The van der Waals surface area contributed by atoms with Crippen LogP contribution in [0.3, 0.4) is 0 Å². The van der Waals surface area contributed by atoms with Gasteiger partial charge in [-0.15, -0.1) is 0 Å². The summed E-state index contributed by atoms with van der Waals surface area (Å²) < 4.78 is 13.7. The zero-order chi connectivity index (χ0) is 11.4. The van der Waals surface area contributed by atoms with Gasteiger partial charge < -0.3 is 0 Å². The molecule has 0 saturated carbocycles. The van der Waals surface area contributed by atoms with E-state index in [4.69, 9.17) is 0 Å². The highest BCUT2D eigenvalue weighted by Gasteiger charge is 2.09. The molecule has 1 aromatic carbocycles. The molecule has 0 bridgehead atoms. The fourth-order valence-corrected chi connectivity index (χ4v) is 1.86. The van der Waals surface area contributed by atoms with Crippen LogP contribution in [0.1, 0.15) is 25.8 Å². The molecule has 1 atom stereocenters. The average Bonchev–Trinajstić information content (AvgIpc) is 2.20. The van der Waals surface area contributed by atoms with Crippen LogP contribution in [0.4, 0.5) is 4.39 Å². The third-order valence-corrected chi connectivity index (χ3v) is 3.52. The topological polar surface area (TPSA) is 3.24 Å². The van der Waals surface area contributed by atoms with Gasteiger partial charge in [0.05, 0.1) is 0 Å². The summed E-state index contributed by atoms with van der Waals surface area (Å²) in [6, 6.07) is 5.39. The molecular formula is C12H17BrFN. The predicted molar refractivity (Wildman–Crippen MR) is 65.3 cm³/mol. The summed E-state index contributed by atoms with van der Waals surface area (Å²) in [5.74, 6) is -0.197. The summed E-state index contributed by atoms with van der Waals surface area (Å²) >= 11 is 3.38. The Kier molecular flexibility index (Phi) is 4.74. The minimum atomic E-state index is -0.197. The highest BCUT2D eigenvalue weighted by atomic mass is 79.9. The quantitative estimate of drug-likeness (QED) is 0.806. The van der Waals surface area contributed by atoms with E-state index >= 15 is 0 Å². The maximum absolute atomic E-state index is 12.9. The lowest BCUT2D eigenvalue weighted by Crippen LogP contribution is -2.27. The smallest absolute Gasteiger partial charge is 0.124 e. The van der Waals surface area contributed by atoms with Crippen molar-refractivity contribution in [2.45, 2.75) is 32.9 Å². The largest absolute Gasteiger partial charge is 0.299 e. The lowest BCUT2D eigenvalue weighted by atomic mass is 10.1. The molecular weight excluding hydrogens is 257 g/mol. The van der Waals surface area contributed by atoms with Crippen molar-refractivity contribution < 1.29 is 4.39 Å². The number of benzene rings is 1. The maximum Gasteiger partial charge on any atom is 0.124 e. The van der Waals surface area contributed by atoms with Crippen molar-refractivity contribution in [3.8, 4) is 0 Å². The fraction of sp³-hybridized carbons (Fsp3) is 0.500. The summed E-state index contributed by atoms with van der Waals surface area (Å²) in [7, 11) is 2.09. The van der Waals surface area contributed by atoms with Crippen molar-refractivity contribution in [2.75, 3.05) is 7.05 Å². The van der Waals surface area contributed by atoms with Gasteiger partial charge in [-0.2, -0.15) is 0 Å². The van der Waals surface area contributed by atoms with Crippen molar-refractivity contribution in [1.29, 1.82) is 0 Å². The van der Waals surface area contributed by atoms with E-state index in [9.17, 15) is 4.39 Å². The van der Waals surface area contributed by atoms with Gasteiger partial charge in [-0.05, 0) is 38.1 Å². The number of nitrogens with zero attached hydrogens (tertiary/aromatic N) is 1. The van der Waals surface area contributed by atoms with Crippen molar-refractivity contribution in [1.82, 2.24) is 4.90 Å². The molecule has 3 heteroatoms. The minimum Gasteiger partial charge on any atom is -0.299 e. The van der Waals surface area contributed by atoms with Crippen molar-refractivity contribution in [3.05, 3.63) is 34.1 Å². The molecule has 0 saturated heterocycles. The lowest BCUT2D eigenvalue weighted by molar-refractivity contribution is 0.243. The second kappa shape index (κ2) is 5.61. The Bertz CT molecular complexity index is 327. The Morgan fingerprint density at radius 3 is 2.67 bits per heavy atom. The van der Waals surface area contributed by atoms with Crippen LogP contribution in [0, 0.1) is 5.82 Å². The highest BCUT2D eigenvalue weighted by molar-refractivity contribution is 9.10. The van der Waals surface area contributed by atoms with Crippen LogP contribution in [0.25, 0.3) is 0 Å². The van der Waals surface area contributed by atoms with E-state index in [0.717, 1.165) is 23.0 Å². The summed E-state index contributed by atoms with van der Waals surface area (Å²) in [4.78, 5) is 2.26. The molecule has 0 amide bonds. The van der Waals surface area contributed by atoms with Crippen molar-refractivity contribution >= 4 is 15.9 Å². The molecule has 0 fully saturated rings. The van der Waals surface area contributed by atoms with E-state index in [1.165, 1.54) is 12.1 Å². The molecule has 1 nitrogen and oxygen atoms in total. The van der Waals surface area contributed by atoms with Crippen molar-refractivity contribution in [2.24, 2.45) is 0 Å². The van der Waals surface area contributed by atoms with Crippen LogP contribution in [-0.4, -0.2) is 18.0 Å². The molecule has 0 aliphatic rings. The second-order valence-electron chi connectivity index (χ2n) is 3.91. The number of hydrogen-bond donors (Lipinski definition) is 0. The van der Waals surface area contributed by atoms with Gasteiger partial charge in [0, 0.05) is 17.1 Å². The molecule has 15 heavy (non-hydrogen) atoms. The van der Waals surface area contributed by atoms with Crippen LogP contribution >= 0.6 is 15.9 Å². The molecule has 0 aliphatic heterocycles. The first kappa shape index (κ1) is 12.7. The van der Waals surface area contributed by atoms with Gasteiger partial charge in [-0.1, -0.05) is 28.9 Å². The first-order valence-electron chi connectivity index (χ1n) is 5.18. The van der Waals surface area contributed by atoms with Gasteiger partial charge in [0.1, 0.15) is 5.82 Å². The second-order valence-corrected chi connectivity index (χ2v) is 4.76. The summed E-state index contributed by atoms with van der Waals surface area (Å²) in [5.41, 5.74) is 1.12. The number of hydrogen-bond acceptors (Lipinski definition) is 1. The molecule has 1 unspecified atom stereocenters. The Balaban J connectivity index is 2.72. The molecule has 0 aromatic heterocycles. The van der Waals surface area contributed by atoms with Crippen LogP contribution in [0.5, 0.6) is 0 Å². The third-order valence-electron chi connectivity index (χ3n) is 2.78. The highest BCUT2D eigenvalue weighted by Crippen LogP contribution is 2.20. The average molecular weight is 274 g/mol. The van der Waals surface area contributed by atoms with E-state index in [1.54, 1.807) is 0 Å². The van der Waals surface area contributed by atoms with Crippen LogP contribution in [0.2, 0.25) is 0 Å². The molecule has 0 radical (unpaired) electrons. The van der Waals surface area contributed by atoms with Gasteiger partial charge in [0.2, 0.25) is 0 Å². The molecule has 1 rings (SSSR count). The number of rotatable bonds is 4. The molecule has 84 valence electrons. The van der Waals surface area contributed by atoms with E-state index < -0.39 is 0 Å². The molecule has 0 aliphatic carbocycles. The zero-order valence-corrected chi connectivity index (χ0v) is 11.0. The number of halogens is 2. The fourth-order valence-electron chi connectivity index (χ4n) is 1.39. The monoisotopic (exact) mass is 273 g/mol. The standard InChI is InChI=1S/C12H17BrFN/c1-4-9(2)15(3)8-10-5-6-11(14)7-12(10)13/h5-7,9H,4,8H2,1-3H3. The van der Waals surface area contributed by atoms with Gasteiger partial charge in [-0.3, -0.25) is 4.90 Å². The van der Waals surface area contributed by atoms with Crippen molar-refractivity contribution in [3.63, 3.8) is 0 Å². The molecule has 0 heterocycles. The first-order chi connectivity index (χ1) is 7.04. The lowest BCUT2D eigenvalue weighted by Gasteiger charge is -2.23. The van der Waals surface area contributed by atoms with E-state index in [2.05, 4.69) is 41.7 Å². The first-order valence-corrected chi connectivity index (χ1v) is 5.98. The molecule has 1 aromatic rings. The minimum absolute atomic E-state index is 0.197. The normalized spacial score (nSPS) is 13.2. The Morgan fingerprint density at radius 2 is 2.13 bits per heavy atom. The van der Waals surface area contributed by atoms with Crippen LogP contribution in [0.15, 0.2) is 22.7 Å². The maximum atomic E-state index is 12.9. The summed E-state index contributed by atoms with van der Waals surface area (Å²) in [6.45, 7) is 5.20. The summed E-state index contributed by atoms with van der Waals surface area (Å²) in [5, 5.41) is 0. The van der Waals surface area contributed by atoms with Crippen LogP contribution < -0.4 is 0 Å². The van der Waals surface area contributed by atoms with Gasteiger partial charge in [-0.25, -0.2) is 4.39 Å². The van der Waals surface area contributed by atoms with Gasteiger partial charge in [0.25, 0.3) is 0 Å². The third kappa shape index (κ3) is 3.58. The SMILES string of the molecule is CCC(C)N(C)Cc1ccc(F)cc1Br. The zero-order valence-electron chi connectivity index (χ0n) is 9.43. The van der Waals surface area contributed by atoms with Crippen LogP contribution in [-0.2, 0) is 6.54 Å². The predicted octanol–water partition coefficient (Wildman–Crippen LogP) is 3.82.